The predicted octanol–water partition coefficient (Wildman–Crippen LogP) is 3.42. The van der Waals surface area contributed by atoms with E-state index in [-0.39, 0.29) is 0 Å². The van der Waals surface area contributed by atoms with Gasteiger partial charge in [0.1, 0.15) is 11.4 Å². The van der Waals surface area contributed by atoms with Gasteiger partial charge in [0, 0.05) is 26.3 Å². The van der Waals surface area contributed by atoms with Gasteiger partial charge in [0.25, 0.3) is 0 Å². The van der Waals surface area contributed by atoms with Gasteiger partial charge in [-0.15, -0.1) is 0 Å². The summed E-state index contributed by atoms with van der Waals surface area (Å²) in [6.45, 7) is 1.26. The number of hydroxylamine groups is 2. The lowest BCUT2D eigenvalue weighted by Gasteiger charge is -2.44. The summed E-state index contributed by atoms with van der Waals surface area (Å²) < 4.78 is 12.4. The summed E-state index contributed by atoms with van der Waals surface area (Å²) in [5, 5.41) is 9.07. The first kappa shape index (κ1) is 19.1. The number of hydrogen-bond acceptors (Lipinski definition) is 7. The highest BCUT2D eigenvalue weighted by Gasteiger charge is 2.54. The molecule has 5 rings (SSSR count). The highest BCUT2D eigenvalue weighted by atomic mass is 16.7. The average molecular weight is 406 g/mol. The first-order chi connectivity index (χ1) is 14.5. The van der Waals surface area contributed by atoms with Crippen molar-refractivity contribution in [3.63, 3.8) is 0 Å². The van der Waals surface area contributed by atoms with Gasteiger partial charge in [0.2, 0.25) is 11.7 Å². The van der Waals surface area contributed by atoms with Gasteiger partial charge in [-0.3, -0.25) is 0 Å². The van der Waals surface area contributed by atoms with Crippen molar-refractivity contribution in [3.8, 4) is 16.9 Å². The van der Waals surface area contributed by atoms with Crippen LogP contribution in [0.5, 0.6) is 5.75 Å². The van der Waals surface area contributed by atoms with Gasteiger partial charge in [0.15, 0.2) is 0 Å². The number of nitrogens with one attached hydrogen (secondary N) is 1. The van der Waals surface area contributed by atoms with Crippen LogP contribution in [0.25, 0.3) is 11.1 Å². The minimum atomic E-state index is -0.935. The van der Waals surface area contributed by atoms with Gasteiger partial charge in [-0.1, -0.05) is 24.3 Å². The van der Waals surface area contributed by atoms with E-state index in [1.807, 2.05) is 36.4 Å². The van der Waals surface area contributed by atoms with Crippen LogP contribution >= 0.6 is 0 Å². The van der Waals surface area contributed by atoms with E-state index in [4.69, 9.17) is 30.4 Å². The van der Waals surface area contributed by atoms with Crippen molar-refractivity contribution in [2.45, 2.75) is 37.0 Å². The van der Waals surface area contributed by atoms with Gasteiger partial charge >= 0.3 is 0 Å². The van der Waals surface area contributed by atoms with Crippen LogP contribution in [0.15, 0.2) is 47.5 Å². The third kappa shape index (κ3) is 3.14. The molecule has 156 valence electrons. The molecule has 0 radical (unpaired) electrons. The van der Waals surface area contributed by atoms with Crippen molar-refractivity contribution in [2.24, 2.45) is 10.7 Å². The molecule has 2 aromatic carbocycles. The van der Waals surface area contributed by atoms with Gasteiger partial charge < -0.3 is 20.6 Å². The lowest BCUT2D eigenvalue weighted by Crippen LogP contribution is -2.50. The second-order valence-corrected chi connectivity index (χ2v) is 8.30. The van der Waals surface area contributed by atoms with E-state index >= 15 is 0 Å². The number of benzene rings is 2. The van der Waals surface area contributed by atoms with Crippen LogP contribution in [0.3, 0.4) is 0 Å². The van der Waals surface area contributed by atoms with E-state index < -0.39 is 11.3 Å². The summed E-state index contributed by atoms with van der Waals surface area (Å²) in [5.74, 6) is 1.11. The van der Waals surface area contributed by atoms with Crippen molar-refractivity contribution in [1.82, 2.24) is 5.06 Å². The molecular formula is C23H26N4O3. The number of nitrogens with two attached hydrogens (primary N) is 1. The maximum atomic E-state index is 7.54. The number of fused-ring (bicyclic) bond motifs is 2. The van der Waals surface area contributed by atoms with Gasteiger partial charge in [0.05, 0.1) is 12.2 Å². The Kier molecular flexibility index (Phi) is 4.52. The quantitative estimate of drug-likeness (QED) is 0.746. The number of nitrogens with zero attached hydrogens (tertiary/aromatic N) is 2. The zero-order chi connectivity index (χ0) is 20.8. The maximum Gasteiger partial charge on any atom is 0.222 e. The molecule has 2 spiro atoms. The fourth-order valence-corrected chi connectivity index (χ4v) is 4.64. The molecule has 0 amide bonds. The Hall–Kier alpha value is -2.90. The number of hydrogen-bond donors (Lipinski definition) is 2. The van der Waals surface area contributed by atoms with Gasteiger partial charge in [-0.25, -0.2) is 14.9 Å². The molecule has 3 heterocycles. The van der Waals surface area contributed by atoms with Gasteiger partial charge in [-0.2, -0.15) is 0 Å². The molecule has 3 aliphatic heterocycles. The topological polar surface area (TPSA) is 93.2 Å². The summed E-state index contributed by atoms with van der Waals surface area (Å²) in [6, 6.07) is 14.0. The van der Waals surface area contributed by atoms with Crippen LogP contribution in [0.1, 0.15) is 36.8 Å². The third-order valence-electron chi connectivity index (χ3n) is 6.12. The molecule has 3 N–H and O–H groups in total. The molecule has 0 saturated carbocycles. The van der Waals surface area contributed by atoms with Crippen LogP contribution in [0, 0.1) is 5.41 Å². The van der Waals surface area contributed by atoms with Crippen LogP contribution < -0.4 is 10.5 Å². The van der Waals surface area contributed by atoms with Crippen molar-refractivity contribution < 1.29 is 14.3 Å². The van der Waals surface area contributed by atoms with Crippen molar-refractivity contribution in [3.05, 3.63) is 53.6 Å². The van der Waals surface area contributed by atoms with Crippen LogP contribution in [0.2, 0.25) is 0 Å². The minimum Gasteiger partial charge on any atom is -0.484 e. The lowest BCUT2D eigenvalue weighted by molar-refractivity contribution is -0.209. The summed E-state index contributed by atoms with van der Waals surface area (Å²) in [7, 11) is 1.77. The zero-order valence-electron chi connectivity index (χ0n) is 17.1. The fraction of sp³-hybridized carbons (Fsp3) is 0.391. The predicted molar refractivity (Wildman–Crippen MR) is 115 cm³/mol. The third-order valence-corrected chi connectivity index (χ3v) is 6.12. The molecule has 7 nitrogen and oxygen atoms in total. The standard InChI is InChI=1S/C23H26N4O3/c1-27-21(25)26-23(30-27)14-22(9-2-3-10-28-15-22)29-20-8-7-18(12-19(20)23)17-6-4-5-16(11-17)13-24/h4-8,11-13,24H,2-3,9-10,14-15H2,1H3,(H2,25,26). The Morgan fingerprint density at radius 2 is 2.03 bits per heavy atom. The molecule has 0 bridgehead atoms. The van der Waals surface area contributed by atoms with Crippen molar-refractivity contribution in [2.75, 3.05) is 20.3 Å². The SMILES string of the molecule is CN1OC2(CC3(CCCCOC3)Oc3ccc(-c4cccc(C=N)c4)cc32)N=C1N. The minimum absolute atomic E-state index is 0.351. The molecule has 7 heteroatoms. The first-order valence-electron chi connectivity index (χ1n) is 10.3. The maximum absolute atomic E-state index is 7.54. The summed E-state index contributed by atoms with van der Waals surface area (Å²) in [4.78, 5) is 11.0. The Bertz CT molecular complexity index is 1010. The van der Waals surface area contributed by atoms with E-state index in [1.54, 1.807) is 7.05 Å². The Labute approximate surface area is 175 Å². The van der Waals surface area contributed by atoms with Gasteiger partial charge in [-0.05, 0) is 54.2 Å². The van der Waals surface area contributed by atoms with E-state index in [2.05, 4.69) is 6.07 Å². The summed E-state index contributed by atoms with van der Waals surface area (Å²) >= 11 is 0. The van der Waals surface area contributed by atoms with E-state index in [1.165, 1.54) is 11.3 Å². The van der Waals surface area contributed by atoms with E-state index in [0.717, 1.165) is 53.9 Å². The molecule has 2 unspecified atom stereocenters. The molecule has 3 aliphatic rings. The average Bonchev–Trinajstić information content (AvgIpc) is 2.90. The number of aliphatic imine (C=N–C) groups is 1. The highest BCUT2D eigenvalue weighted by molar-refractivity contribution is 5.81. The summed E-state index contributed by atoms with van der Waals surface area (Å²) in [5.41, 5.74) is 8.46. The molecule has 1 fully saturated rings. The summed E-state index contributed by atoms with van der Waals surface area (Å²) in [6.07, 6.45) is 4.85. The van der Waals surface area contributed by atoms with E-state index in [0.29, 0.717) is 19.0 Å². The molecule has 2 atom stereocenters. The molecule has 30 heavy (non-hydrogen) atoms. The number of rotatable bonds is 2. The Morgan fingerprint density at radius 1 is 1.17 bits per heavy atom. The van der Waals surface area contributed by atoms with Crippen LogP contribution in [-0.4, -0.2) is 43.1 Å². The Morgan fingerprint density at radius 3 is 2.83 bits per heavy atom. The second kappa shape index (κ2) is 7.11. The second-order valence-electron chi connectivity index (χ2n) is 8.30. The van der Waals surface area contributed by atoms with Crippen LogP contribution in [0.4, 0.5) is 0 Å². The van der Waals surface area contributed by atoms with Crippen LogP contribution in [-0.2, 0) is 15.3 Å². The Balaban J connectivity index is 1.63. The molecule has 0 aliphatic carbocycles. The number of ether oxygens (including phenoxy) is 2. The lowest BCUT2D eigenvalue weighted by atomic mass is 9.81. The smallest absolute Gasteiger partial charge is 0.222 e. The molecule has 1 saturated heterocycles. The largest absolute Gasteiger partial charge is 0.484 e. The fourth-order valence-electron chi connectivity index (χ4n) is 4.64. The molecule has 0 aromatic heterocycles. The molecular weight excluding hydrogens is 380 g/mol. The molecule has 2 aromatic rings. The normalized spacial score (nSPS) is 28.0. The van der Waals surface area contributed by atoms with E-state index in [9.17, 15) is 0 Å². The monoisotopic (exact) mass is 406 g/mol. The van der Waals surface area contributed by atoms with Crippen molar-refractivity contribution in [1.29, 1.82) is 5.41 Å². The van der Waals surface area contributed by atoms with Crippen molar-refractivity contribution >= 4 is 12.2 Å². The highest BCUT2D eigenvalue weighted by Crippen LogP contribution is 2.51. The number of guanidine groups is 1. The first-order valence-corrected chi connectivity index (χ1v) is 10.3. The zero-order valence-corrected chi connectivity index (χ0v) is 17.1.